The zero-order valence-corrected chi connectivity index (χ0v) is 10.0. The third-order valence-electron chi connectivity index (χ3n) is 2.11. The van der Waals surface area contributed by atoms with Gasteiger partial charge in [0.2, 0.25) is 5.88 Å². The van der Waals surface area contributed by atoms with Gasteiger partial charge in [0.05, 0.1) is 13.7 Å². The number of methoxy groups -OCH3 is 1. The van der Waals surface area contributed by atoms with Crippen LogP contribution in [0.5, 0.6) is 5.88 Å². The minimum absolute atomic E-state index is 0.648. The molecule has 1 N–H and O–H groups in total. The van der Waals surface area contributed by atoms with E-state index in [1.165, 1.54) is 0 Å². The molecule has 0 aliphatic rings. The highest BCUT2D eigenvalue weighted by Crippen LogP contribution is 2.05. The molecule has 0 unspecified atom stereocenters. The second-order valence-electron chi connectivity index (χ2n) is 3.50. The molecule has 0 aliphatic carbocycles. The van der Waals surface area contributed by atoms with Crippen molar-refractivity contribution < 1.29 is 9.47 Å². The van der Waals surface area contributed by atoms with Crippen LogP contribution in [0.1, 0.15) is 18.9 Å². The number of nitrogens with one attached hydrogen (secondary N) is 1. The Labute approximate surface area is 97.0 Å². The molecule has 16 heavy (non-hydrogen) atoms. The highest BCUT2D eigenvalue weighted by Gasteiger charge is 1.95. The fraction of sp³-hybridized carbons (Fsp3) is 0.583. The lowest BCUT2D eigenvalue weighted by Gasteiger charge is -2.05. The highest BCUT2D eigenvalue weighted by atomic mass is 16.5. The Morgan fingerprint density at radius 3 is 2.81 bits per heavy atom. The number of hydrogen-bond acceptors (Lipinski definition) is 4. The minimum atomic E-state index is 0.648. The summed E-state index contributed by atoms with van der Waals surface area (Å²) in [6, 6.07) is 3.87. The molecule has 90 valence electrons. The van der Waals surface area contributed by atoms with E-state index in [4.69, 9.17) is 9.47 Å². The number of aromatic nitrogens is 1. The molecular formula is C12H20N2O2. The smallest absolute Gasteiger partial charge is 0.212 e. The largest absolute Gasteiger partial charge is 0.481 e. The maximum Gasteiger partial charge on any atom is 0.212 e. The van der Waals surface area contributed by atoms with Gasteiger partial charge in [-0.3, -0.25) is 0 Å². The lowest BCUT2D eigenvalue weighted by Crippen LogP contribution is -2.19. The van der Waals surface area contributed by atoms with Crippen molar-refractivity contribution in [2.75, 3.05) is 26.9 Å². The highest BCUT2D eigenvalue weighted by molar-refractivity contribution is 5.17. The molecule has 0 fully saturated rings. The molecule has 0 bridgehead atoms. The summed E-state index contributed by atoms with van der Waals surface area (Å²) in [6.07, 6.45) is 2.89. The number of hydrogen-bond donors (Lipinski definition) is 1. The first kappa shape index (κ1) is 12.9. The normalized spacial score (nSPS) is 10.4. The summed E-state index contributed by atoms with van der Waals surface area (Å²) in [5, 5.41) is 3.29. The third-order valence-corrected chi connectivity index (χ3v) is 2.11. The Kier molecular flexibility index (Phi) is 6.53. The summed E-state index contributed by atoms with van der Waals surface area (Å²) in [5.41, 5.74) is 1.15. The van der Waals surface area contributed by atoms with Crippen molar-refractivity contribution in [3.8, 4) is 5.88 Å². The molecular weight excluding hydrogens is 204 g/mol. The van der Waals surface area contributed by atoms with Gasteiger partial charge in [-0.05, 0) is 12.0 Å². The zero-order chi connectivity index (χ0) is 11.6. The van der Waals surface area contributed by atoms with Crippen molar-refractivity contribution in [3.63, 3.8) is 0 Å². The fourth-order valence-corrected chi connectivity index (χ4v) is 1.26. The maximum absolute atomic E-state index is 5.36. The third kappa shape index (κ3) is 5.09. The quantitative estimate of drug-likeness (QED) is 0.681. The number of rotatable bonds is 8. The van der Waals surface area contributed by atoms with Crippen LogP contribution in [-0.2, 0) is 11.3 Å². The van der Waals surface area contributed by atoms with Gasteiger partial charge in [0, 0.05) is 32.0 Å². The van der Waals surface area contributed by atoms with Gasteiger partial charge in [0.15, 0.2) is 0 Å². The van der Waals surface area contributed by atoms with E-state index in [1.54, 1.807) is 7.11 Å². The summed E-state index contributed by atoms with van der Waals surface area (Å²) in [5.74, 6) is 0.648. The Morgan fingerprint density at radius 1 is 1.31 bits per heavy atom. The van der Waals surface area contributed by atoms with E-state index >= 15 is 0 Å². The predicted octanol–water partition coefficient (Wildman–Crippen LogP) is 1.61. The molecule has 0 atom stereocenters. The Hall–Kier alpha value is -1.13. The molecule has 0 saturated carbocycles. The van der Waals surface area contributed by atoms with Crippen LogP contribution in [0.3, 0.4) is 0 Å². The summed E-state index contributed by atoms with van der Waals surface area (Å²) in [7, 11) is 1.62. The first-order chi connectivity index (χ1) is 7.86. The van der Waals surface area contributed by atoms with Crippen LogP contribution in [0.2, 0.25) is 0 Å². The molecule has 0 radical (unpaired) electrons. The Morgan fingerprint density at radius 2 is 2.19 bits per heavy atom. The van der Waals surface area contributed by atoms with E-state index < -0.39 is 0 Å². The molecule has 1 rings (SSSR count). The molecule has 1 heterocycles. The number of pyridine rings is 1. The van der Waals surface area contributed by atoms with Crippen LogP contribution in [-0.4, -0.2) is 31.9 Å². The Balaban J connectivity index is 2.12. The molecule has 0 saturated heterocycles. The topological polar surface area (TPSA) is 43.4 Å². The van der Waals surface area contributed by atoms with Crippen LogP contribution in [0.15, 0.2) is 18.3 Å². The Bertz CT molecular complexity index is 275. The van der Waals surface area contributed by atoms with Gasteiger partial charge in [0.1, 0.15) is 0 Å². The van der Waals surface area contributed by atoms with Crippen LogP contribution in [0.4, 0.5) is 0 Å². The van der Waals surface area contributed by atoms with Crippen LogP contribution >= 0.6 is 0 Å². The maximum atomic E-state index is 5.36. The van der Waals surface area contributed by atoms with Crippen molar-refractivity contribution in [2.45, 2.75) is 19.9 Å². The zero-order valence-electron chi connectivity index (χ0n) is 10.0. The first-order valence-electron chi connectivity index (χ1n) is 5.64. The van der Waals surface area contributed by atoms with E-state index in [0.29, 0.717) is 5.88 Å². The van der Waals surface area contributed by atoms with Gasteiger partial charge in [-0.1, -0.05) is 13.0 Å². The monoisotopic (exact) mass is 224 g/mol. The van der Waals surface area contributed by atoms with E-state index in [-0.39, 0.29) is 0 Å². The minimum Gasteiger partial charge on any atom is -0.481 e. The average molecular weight is 224 g/mol. The van der Waals surface area contributed by atoms with Gasteiger partial charge >= 0.3 is 0 Å². The molecule has 1 aromatic rings. The molecule has 1 aromatic heterocycles. The van der Waals surface area contributed by atoms with Crippen LogP contribution in [0.25, 0.3) is 0 Å². The summed E-state index contributed by atoms with van der Waals surface area (Å²) >= 11 is 0. The van der Waals surface area contributed by atoms with Crippen molar-refractivity contribution in [3.05, 3.63) is 23.9 Å². The molecule has 0 aromatic carbocycles. The first-order valence-corrected chi connectivity index (χ1v) is 5.64. The molecule has 4 nitrogen and oxygen atoms in total. The van der Waals surface area contributed by atoms with Crippen molar-refractivity contribution >= 4 is 0 Å². The van der Waals surface area contributed by atoms with E-state index in [9.17, 15) is 0 Å². The van der Waals surface area contributed by atoms with Gasteiger partial charge in [-0.15, -0.1) is 0 Å². The fourth-order valence-electron chi connectivity index (χ4n) is 1.26. The van der Waals surface area contributed by atoms with E-state index in [0.717, 1.165) is 38.3 Å². The van der Waals surface area contributed by atoms with Gasteiger partial charge in [-0.2, -0.15) is 0 Å². The van der Waals surface area contributed by atoms with Crippen LogP contribution in [0, 0.1) is 0 Å². The van der Waals surface area contributed by atoms with Crippen molar-refractivity contribution in [1.29, 1.82) is 0 Å². The predicted molar refractivity (Wildman–Crippen MR) is 63.6 cm³/mol. The molecule has 0 aliphatic heterocycles. The second kappa shape index (κ2) is 8.07. The standard InChI is InChI=1S/C12H20N2O2/c1-3-7-16-8-6-13-9-11-4-5-12(15-2)14-10-11/h4-5,10,13H,3,6-9H2,1-2H3. The molecule has 4 heteroatoms. The average Bonchev–Trinajstić information content (AvgIpc) is 2.34. The molecule has 0 spiro atoms. The van der Waals surface area contributed by atoms with Gasteiger partial charge in [-0.25, -0.2) is 4.98 Å². The number of nitrogens with zero attached hydrogens (tertiary/aromatic N) is 1. The summed E-state index contributed by atoms with van der Waals surface area (Å²) < 4.78 is 10.3. The van der Waals surface area contributed by atoms with E-state index in [2.05, 4.69) is 17.2 Å². The van der Waals surface area contributed by atoms with Crippen molar-refractivity contribution in [2.24, 2.45) is 0 Å². The lowest BCUT2D eigenvalue weighted by molar-refractivity contribution is 0.136. The molecule has 0 amide bonds. The SMILES string of the molecule is CCCOCCNCc1ccc(OC)nc1. The number of ether oxygens (including phenoxy) is 2. The van der Waals surface area contributed by atoms with Gasteiger partial charge < -0.3 is 14.8 Å². The second-order valence-corrected chi connectivity index (χ2v) is 3.50. The lowest BCUT2D eigenvalue weighted by atomic mass is 10.3. The summed E-state index contributed by atoms with van der Waals surface area (Å²) in [6.45, 7) is 5.39. The van der Waals surface area contributed by atoms with Crippen molar-refractivity contribution in [1.82, 2.24) is 10.3 Å². The van der Waals surface area contributed by atoms with Crippen LogP contribution < -0.4 is 10.1 Å². The van der Waals surface area contributed by atoms with E-state index in [1.807, 2.05) is 18.3 Å². The summed E-state index contributed by atoms with van der Waals surface area (Å²) in [4.78, 5) is 4.13. The van der Waals surface area contributed by atoms with Gasteiger partial charge in [0.25, 0.3) is 0 Å².